The van der Waals surface area contributed by atoms with Crippen molar-refractivity contribution in [1.82, 2.24) is 5.32 Å². The highest BCUT2D eigenvalue weighted by Gasteiger charge is 2.41. The molecule has 1 aliphatic carbocycles. The molecule has 1 atom stereocenters. The van der Waals surface area contributed by atoms with Gasteiger partial charge in [0, 0.05) is 6.04 Å². The first kappa shape index (κ1) is 15.8. The van der Waals surface area contributed by atoms with Crippen molar-refractivity contribution < 1.29 is 14.6 Å². The topological polar surface area (TPSA) is 58.6 Å². The van der Waals surface area contributed by atoms with Gasteiger partial charge in [0.15, 0.2) is 0 Å². The number of phenolic OH excluding ortho intramolecular Hbond substituents is 1. The molecule has 0 aliphatic heterocycles. The molecule has 4 heteroatoms. The molecule has 0 radical (unpaired) electrons. The molecule has 1 aromatic carbocycles. The highest BCUT2D eigenvalue weighted by atomic mass is 16.5. The van der Waals surface area contributed by atoms with Gasteiger partial charge in [0.1, 0.15) is 11.3 Å². The number of nitrogens with one attached hydrogen (secondary N) is 1. The van der Waals surface area contributed by atoms with E-state index >= 15 is 0 Å². The number of esters is 1. The number of phenols is 1. The van der Waals surface area contributed by atoms with Gasteiger partial charge in [-0.05, 0) is 37.0 Å². The predicted octanol–water partition coefficient (Wildman–Crippen LogP) is 3.09. The van der Waals surface area contributed by atoms with Crippen LogP contribution in [0.15, 0.2) is 24.3 Å². The zero-order chi connectivity index (χ0) is 15.3. The van der Waals surface area contributed by atoms with Crippen molar-refractivity contribution in [2.24, 2.45) is 0 Å². The fourth-order valence-corrected chi connectivity index (χ4v) is 3.23. The lowest BCUT2D eigenvalue weighted by atomic mass is 9.84. The third-order valence-electron chi connectivity index (χ3n) is 4.48. The zero-order valence-electron chi connectivity index (χ0n) is 12.9. The number of carbonyl (C=O) groups is 1. The van der Waals surface area contributed by atoms with Crippen LogP contribution in [0.3, 0.4) is 0 Å². The lowest BCUT2D eigenvalue weighted by molar-refractivity contribution is -0.150. The molecule has 0 bridgehead atoms. The Labute approximate surface area is 126 Å². The van der Waals surface area contributed by atoms with Gasteiger partial charge in [-0.25, -0.2) is 4.79 Å². The molecule has 1 fully saturated rings. The van der Waals surface area contributed by atoms with Crippen molar-refractivity contribution in [1.29, 1.82) is 0 Å². The van der Waals surface area contributed by atoms with Gasteiger partial charge in [0.2, 0.25) is 0 Å². The van der Waals surface area contributed by atoms with Crippen molar-refractivity contribution in [3.8, 4) is 5.75 Å². The lowest BCUT2D eigenvalue weighted by Gasteiger charge is -2.37. The van der Waals surface area contributed by atoms with Crippen molar-refractivity contribution in [2.75, 3.05) is 7.11 Å². The van der Waals surface area contributed by atoms with E-state index < -0.39 is 5.54 Å². The summed E-state index contributed by atoms with van der Waals surface area (Å²) >= 11 is 0. The molecule has 0 aromatic heterocycles. The van der Waals surface area contributed by atoms with E-state index in [0.717, 1.165) is 18.4 Å². The summed E-state index contributed by atoms with van der Waals surface area (Å²) in [4.78, 5) is 12.5. The minimum atomic E-state index is -0.829. The van der Waals surface area contributed by atoms with Gasteiger partial charge in [-0.15, -0.1) is 0 Å². The van der Waals surface area contributed by atoms with Crippen LogP contribution in [0.5, 0.6) is 5.75 Å². The van der Waals surface area contributed by atoms with Gasteiger partial charge in [0.25, 0.3) is 0 Å². The predicted molar refractivity (Wildman–Crippen MR) is 82.1 cm³/mol. The second-order valence-corrected chi connectivity index (χ2v) is 5.78. The molecule has 1 aromatic rings. The second-order valence-electron chi connectivity index (χ2n) is 5.78. The van der Waals surface area contributed by atoms with Crippen LogP contribution in [-0.2, 0) is 15.1 Å². The Hall–Kier alpha value is -1.55. The Morgan fingerprint density at radius 2 is 1.90 bits per heavy atom. The molecule has 0 spiro atoms. The number of carbonyl (C=O) groups excluding carboxylic acids is 1. The zero-order valence-corrected chi connectivity index (χ0v) is 12.9. The van der Waals surface area contributed by atoms with Gasteiger partial charge in [0.05, 0.1) is 7.11 Å². The summed E-state index contributed by atoms with van der Waals surface area (Å²) in [7, 11) is 1.43. The summed E-state index contributed by atoms with van der Waals surface area (Å²) in [5.74, 6) is -0.0625. The summed E-state index contributed by atoms with van der Waals surface area (Å²) in [6.07, 6.45) is 6.48. The van der Waals surface area contributed by atoms with Crippen LogP contribution in [0.4, 0.5) is 0 Å². The van der Waals surface area contributed by atoms with E-state index in [1.54, 1.807) is 24.3 Å². The van der Waals surface area contributed by atoms with Gasteiger partial charge >= 0.3 is 5.97 Å². The summed E-state index contributed by atoms with van der Waals surface area (Å²) in [5.41, 5.74) is 0.0185. The molecule has 0 heterocycles. The SMILES string of the molecule is CCC(NC1CCCCC1)(C(=O)OC)c1ccc(O)cc1. The largest absolute Gasteiger partial charge is 0.508 e. The maximum atomic E-state index is 12.5. The van der Waals surface area contributed by atoms with Gasteiger partial charge in [-0.2, -0.15) is 0 Å². The van der Waals surface area contributed by atoms with E-state index in [9.17, 15) is 9.90 Å². The Kier molecular flexibility index (Phi) is 5.23. The maximum Gasteiger partial charge on any atom is 0.330 e. The Bertz CT molecular complexity index is 465. The third kappa shape index (κ3) is 3.38. The van der Waals surface area contributed by atoms with Crippen LogP contribution in [0.1, 0.15) is 51.0 Å². The van der Waals surface area contributed by atoms with Gasteiger partial charge in [-0.3, -0.25) is 5.32 Å². The monoisotopic (exact) mass is 291 g/mol. The summed E-state index contributed by atoms with van der Waals surface area (Å²) in [5, 5.41) is 13.0. The first-order valence-electron chi connectivity index (χ1n) is 7.78. The van der Waals surface area contributed by atoms with Crippen LogP contribution >= 0.6 is 0 Å². The third-order valence-corrected chi connectivity index (χ3v) is 4.48. The van der Waals surface area contributed by atoms with Crippen molar-refractivity contribution in [3.63, 3.8) is 0 Å². The number of ether oxygens (including phenoxy) is 1. The highest BCUT2D eigenvalue weighted by molar-refractivity contribution is 5.82. The Morgan fingerprint density at radius 3 is 2.43 bits per heavy atom. The average Bonchev–Trinajstić information content (AvgIpc) is 2.54. The molecule has 0 amide bonds. The first-order chi connectivity index (χ1) is 10.1. The second kappa shape index (κ2) is 6.94. The van der Waals surface area contributed by atoms with E-state index in [1.165, 1.54) is 26.4 Å². The fourth-order valence-electron chi connectivity index (χ4n) is 3.23. The Morgan fingerprint density at radius 1 is 1.29 bits per heavy atom. The number of hydrogen-bond donors (Lipinski definition) is 2. The van der Waals surface area contributed by atoms with Crippen molar-refractivity contribution >= 4 is 5.97 Å². The fraction of sp³-hybridized carbons (Fsp3) is 0.588. The number of hydrogen-bond acceptors (Lipinski definition) is 4. The molecule has 0 saturated heterocycles. The standard InChI is InChI=1S/C17H25NO3/c1-3-17(16(20)21-2,13-9-11-15(19)12-10-13)18-14-7-5-4-6-8-14/h9-12,14,18-19H,3-8H2,1-2H3. The number of rotatable bonds is 5. The van der Waals surface area contributed by atoms with Crippen LogP contribution in [0.2, 0.25) is 0 Å². The van der Waals surface area contributed by atoms with Crippen LogP contribution < -0.4 is 5.32 Å². The van der Waals surface area contributed by atoms with E-state index in [2.05, 4.69) is 5.32 Å². The van der Waals surface area contributed by atoms with E-state index in [-0.39, 0.29) is 11.7 Å². The molecule has 1 aliphatic rings. The lowest BCUT2D eigenvalue weighted by Crippen LogP contribution is -2.54. The molecule has 2 rings (SSSR count). The van der Waals surface area contributed by atoms with E-state index in [4.69, 9.17) is 4.74 Å². The van der Waals surface area contributed by atoms with Gasteiger partial charge < -0.3 is 9.84 Å². The maximum absolute atomic E-state index is 12.5. The molecule has 2 N–H and O–H groups in total. The molecule has 21 heavy (non-hydrogen) atoms. The molecular formula is C17H25NO3. The summed E-state index contributed by atoms with van der Waals surface area (Å²) in [6, 6.07) is 7.17. The van der Waals surface area contributed by atoms with Gasteiger partial charge in [-0.1, -0.05) is 38.3 Å². The van der Waals surface area contributed by atoms with Crippen LogP contribution in [-0.4, -0.2) is 24.2 Å². The number of methoxy groups -OCH3 is 1. The molecule has 116 valence electrons. The smallest absolute Gasteiger partial charge is 0.330 e. The number of benzene rings is 1. The first-order valence-corrected chi connectivity index (χ1v) is 7.78. The minimum absolute atomic E-state index is 0.200. The minimum Gasteiger partial charge on any atom is -0.508 e. The van der Waals surface area contributed by atoms with Crippen molar-refractivity contribution in [2.45, 2.75) is 57.0 Å². The molecule has 1 unspecified atom stereocenters. The van der Waals surface area contributed by atoms with Crippen LogP contribution in [0.25, 0.3) is 0 Å². The summed E-state index contributed by atoms with van der Waals surface area (Å²) in [6.45, 7) is 1.99. The number of aromatic hydroxyl groups is 1. The summed E-state index contributed by atoms with van der Waals surface area (Å²) < 4.78 is 5.07. The van der Waals surface area contributed by atoms with E-state index in [1.807, 2.05) is 6.92 Å². The Balaban J connectivity index is 2.32. The van der Waals surface area contributed by atoms with Crippen LogP contribution in [0, 0.1) is 0 Å². The quantitative estimate of drug-likeness (QED) is 0.818. The normalized spacial score (nSPS) is 19.0. The molecule has 1 saturated carbocycles. The molecular weight excluding hydrogens is 266 g/mol. The molecule has 4 nitrogen and oxygen atoms in total. The van der Waals surface area contributed by atoms with Crippen molar-refractivity contribution in [3.05, 3.63) is 29.8 Å². The van der Waals surface area contributed by atoms with E-state index in [0.29, 0.717) is 12.5 Å². The highest BCUT2D eigenvalue weighted by Crippen LogP contribution is 2.31. The average molecular weight is 291 g/mol.